The minimum absolute atomic E-state index is 0.262. The van der Waals surface area contributed by atoms with Crippen LogP contribution in [0.4, 0.5) is 0 Å². The van der Waals surface area contributed by atoms with Crippen LogP contribution in [0.5, 0.6) is 0 Å². The van der Waals surface area contributed by atoms with E-state index in [2.05, 4.69) is 87.3 Å². The van der Waals surface area contributed by atoms with Crippen LogP contribution in [0.25, 0.3) is 5.31 Å². The third-order valence-corrected chi connectivity index (χ3v) is 9.72. The summed E-state index contributed by atoms with van der Waals surface area (Å²) in [6.45, 7) is 14.3. The van der Waals surface area contributed by atoms with E-state index in [0.29, 0.717) is 0 Å². The van der Waals surface area contributed by atoms with Crippen molar-refractivity contribution in [2.75, 3.05) is 0 Å². The standard InChI is InChI=1S/C15H24GePSi/c1-15(2,3)14(16)13(17-18(4,5)6)12-10-8-7-9-11-12/h7-11,17H,1-6H3/b14-13-. The number of hydrogen-bond acceptors (Lipinski definition) is 0. The zero-order valence-corrected chi connectivity index (χ0v) is 16.5. The molecular formula is C15H24GePSi. The molecule has 1 rings (SSSR count). The van der Waals surface area contributed by atoms with Gasteiger partial charge in [-0.05, 0) is 0 Å². The van der Waals surface area contributed by atoms with Gasteiger partial charge >= 0.3 is 124 Å². The van der Waals surface area contributed by atoms with Crippen LogP contribution in [0, 0.1) is 5.41 Å². The number of rotatable bonds is 3. The Bertz CT molecular complexity index is 424. The monoisotopic (exact) mass is 337 g/mol. The summed E-state index contributed by atoms with van der Waals surface area (Å²) < 4.78 is 1.55. The van der Waals surface area contributed by atoms with Gasteiger partial charge in [-0.3, -0.25) is 0 Å². The molecule has 18 heavy (non-hydrogen) atoms. The fourth-order valence-corrected chi connectivity index (χ4v) is 7.74. The second kappa shape index (κ2) is 6.07. The van der Waals surface area contributed by atoms with Gasteiger partial charge in [-0.1, -0.05) is 0 Å². The van der Waals surface area contributed by atoms with Crippen LogP contribution in [0.15, 0.2) is 34.7 Å². The minimum atomic E-state index is -1.07. The molecule has 0 aliphatic heterocycles. The van der Waals surface area contributed by atoms with E-state index < -0.39 is 7.74 Å². The van der Waals surface area contributed by atoms with Crippen molar-refractivity contribution in [2.24, 2.45) is 5.41 Å². The van der Waals surface area contributed by atoms with Gasteiger partial charge in [0.2, 0.25) is 0 Å². The summed E-state index contributed by atoms with van der Waals surface area (Å²) in [5.74, 6) is 0. The van der Waals surface area contributed by atoms with Crippen LogP contribution in [0.2, 0.25) is 19.6 Å². The van der Waals surface area contributed by atoms with Crippen molar-refractivity contribution in [1.82, 2.24) is 0 Å². The molecule has 0 heterocycles. The summed E-state index contributed by atoms with van der Waals surface area (Å²) in [5, 5.41) is 1.60. The fraction of sp³-hybridized carbons (Fsp3) is 0.467. The van der Waals surface area contributed by atoms with Crippen molar-refractivity contribution < 1.29 is 0 Å². The molecule has 0 nitrogen and oxygen atoms in total. The molecule has 97 valence electrons. The second-order valence-corrected chi connectivity index (χ2v) is 18.3. The van der Waals surface area contributed by atoms with Gasteiger partial charge in [0, 0.05) is 0 Å². The van der Waals surface area contributed by atoms with Gasteiger partial charge in [-0.25, -0.2) is 0 Å². The molecule has 3 radical (unpaired) electrons. The Kier molecular flexibility index (Phi) is 5.46. The predicted octanol–water partition coefficient (Wildman–Crippen LogP) is 5.08. The summed E-state index contributed by atoms with van der Waals surface area (Å²) in [6.07, 6.45) is 0. The average Bonchev–Trinajstić information content (AvgIpc) is 2.24. The summed E-state index contributed by atoms with van der Waals surface area (Å²) in [5.41, 5.74) is 1.68. The molecule has 1 unspecified atom stereocenters. The van der Waals surface area contributed by atoms with Crippen molar-refractivity contribution >= 4 is 37.7 Å². The van der Waals surface area contributed by atoms with E-state index in [1.165, 1.54) is 5.56 Å². The molecule has 0 aliphatic carbocycles. The van der Waals surface area contributed by atoms with Gasteiger partial charge in [0.15, 0.2) is 0 Å². The molecule has 3 heteroatoms. The molecule has 0 saturated carbocycles. The molecule has 0 saturated heterocycles. The van der Waals surface area contributed by atoms with Gasteiger partial charge in [0.1, 0.15) is 0 Å². The van der Waals surface area contributed by atoms with Crippen LogP contribution in [-0.2, 0) is 0 Å². The van der Waals surface area contributed by atoms with Gasteiger partial charge in [-0.15, -0.1) is 0 Å². The van der Waals surface area contributed by atoms with E-state index in [1.54, 1.807) is 9.72 Å². The summed E-state index contributed by atoms with van der Waals surface area (Å²) in [7, 11) is -0.0922. The van der Waals surface area contributed by atoms with E-state index in [1.807, 2.05) is 0 Å². The Morgan fingerprint density at radius 2 is 1.56 bits per heavy atom. The van der Waals surface area contributed by atoms with Gasteiger partial charge in [-0.2, -0.15) is 0 Å². The molecule has 0 spiro atoms. The first kappa shape index (κ1) is 16.2. The van der Waals surface area contributed by atoms with E-state index in [9.17, 15) is 0 Å². The molecule has 1 aromatic carbocycles. The van der Waals surface area contributed by atoms with Crippen LogP contribution < -0.4 is 0 Å². The molecule has 1 atom stereocenters. The van der Waals surface area contributed by atoms with E-state index in [0.717, 1.165) is 8.13 Å². The normalized spacial score (nSPS) is 15.1. The zero-order chi connectivity index (χ0) is 14.0. The molecule has 0 aromatic heterocycles. The zero-order valence-electron chi connectivity index (χ0n) is 12.4. The van der Waals surface area contributed by atoms with Gasteiger partial charge in [0.25, 0.3) is 0 Å². The molecule has 0 N–H and O–H groups in total. The number of hydrogen-bond donors (Lipinski definition) is 0. The van der Waals surface area contributed by atoms with Crippen molar-refractivity contribution in [2.45, 2.75) is 40.4 Å². The molecule has 0 bridgehead atoms. The molecular weight excluding hydrogens is 312 g/mol. The van der Waals surface area contributed by atoms with E-state index >= 15 is 0 Å². The Morgan fingerprint density at radius 3 is 1.94 bits per heavy atom. The Balaban J connectivity index is 3.29. The predicted molar refractivity (Wildman–Crippen MR) is 90.2 cm³/mol. The molecule has 0 fully saturated rings. The fourth-order valence-electron chi connectivity index (χ4n) is 1.63. The van der Waals surface area contributed by atoms with E-state index in [4.69, 9.17) is 0 Å². The third kappa shape index (κ3) is 5.03. The third-order valence-electron chi connectivity index (χ3n) is 2.56. The van der Waals surface area contributed by atoms with Crippen molar-refractivity contribution in [3.63, 3.8) is 0 Å². The number of benzene rings is 1. The summed E-state index contributed by atoms with van der Waals surface area (Å²) in [4.78, 5) is 0. The topological polar surface area (TPSA) is 0 Å². The first-order valence-electron chi connectivity index (χ1n) is 6.41. The number of allylic oxidation sites excluding steroid dienone is 1. The van der Waals surface area contributed by atoms with Crippen molar-refractivity contribution in [1.29, 1.82) is 0 Å². The molecule has 1 aromatic rings. The van der Waals surface area contributed by atoms with E-state index in [-0.39, 0.29) is 5.41 Å². The maximum absolute atomic E-state index is 2.46. The van der Waals surface area contributed by atoms with Crippen LogP contribution in [0.3, 0.4) is 0 Å². The van der Waals surface area contributed by atoms with Crippen LogP contribution in [0.1, 0.15) is 26.3 Å². The second-order valence-electron chi connectivity index (χ2n) is 6.74. The first-order valence-corrected chi connectivity index (χ1v) is 13.0. The summed E-state index contributed by atoms with van der Waals surface area (Å²) in [6, 6.07) is 10.9. The first-order chi connectivity index (χ1) is 8.11. The Morgan fingerprint density at radius 1 is 1.06 bits per heavy atom. The average molecular weight is 336 g/mol. The Hall–Kier alpha value is 0.150. The summed E-state index contributed by atoms with van der Waals surface area (Å²) >= 11 is 2.31. The Labute approximate surface area is 124 Å². The van der Waals surface area contributed by atoms with Crippen molar-refractivity contribution in [3.05, 3.63) is 40.3 Å². The quantitative estimate of drug-likeness (QED) is 0.533. The van der Waals surface area contributed by atoms with Crippen LogP contribution >= 0.6 is 8.13 Å². The van der Waals surface area contributed by atoms with Gasteiger partial charge < -0.3 is 0 Å². The SMILES string of the molecule is CC(C)(C)/[C]([Ge])=C(/P[Si](C)(C)C)c1ccccc1. The maximum atomic E-state index is 2.46. The molecule has 0 aliphatic rings. The van der Waals surface area contributed by atoms with Gasteiger partial charge in [0.05, 0.1) is 0 Å². The molecule has 0 amide bonds. The van der Waals surface area contributed by atoms with Crippen LogP contribution in [-0.4, -0.2) is 24.3 Å². The van der Waals surface area contributed by atoms with Crippen molar-refractivity contribution in [3.8, 4) is 0 Å².